The van der Waals surface area contributed by atoms with E-state index in [1.165, 1.54) is 12.1 Å². The van der Waals surface area contributed by atoms with Gasteiger partial charge in [-0.25, -0.2) is 8.78 Å². The minimum Gasteiger partial charge on any atom is -0.329 e. The van der Waals surface area contributed by atoms with Gasteiger partial charge in [-0.15, -0.1) is 0 Å². The Kier molecular flexibility index (Phi) is 5.23. The standard InChI is InChI=1S/C14H22F2N2/c1-9(2)10(3)18(4)14(8-17)11-5-12(15)7-13(16)6-11/h5-7,9-10,14H,8,17H2,1-4H3. The van der Waals surface area contributed by atoms with Gasteiger partial charge < -0.3 is 5.73 Å². The summed E-state index contributed by atoms with van der Waals surface area (Å²) >= 11 is 0. The second-order valence-corrected chi connectivity index (χ2v) is 5.10. The van der Waals surface area contributed by atoms with E-state index in [4.69, 9.17) is 5.73 Å². The lowest BCUT2D eigenvalue weighted by Crippen LogP contribution is -2.39. The Hall–Kier alpha value is -1.00. The van der Waals surface area contributed by atoms with Crippen molar-refractivity contribution in [2.24, 2.45) is 11.7 Å². The molecule has 0 fully saturated rings. The predicted octanol–water partition coefficient (Wildman–Crippen LogP) is 2.94. The molecule has 18 heavy (non-hydrogen) atoms. The molecule has 0 amide bonds. The first-order valence-electron chi connectivity index (χ1n) is 6.24. The van der Waals surface area contributed by atoms with Gasteiger partial charge in [0.2, 0.25) is 0 Å². The maximum Gasteiger partial charge on any atom is 0.126 e. The lowest BCUT2D eigenvalue weighted by atomic mass is 9.99. The molecule has 2 atom stereocenters. The molecule has 0 radical (unpaired) electrons. The van der Waals surface area contributed by atoms with Crippen LogP contribution in [0.4, 0.5) is 8.78 Å². The van der Waals surface area contributed by atoms with Gasteiger partial charge in [0.25, 0.3) is 0 Å². The minimum absolute atomic E-state index is 0.174. The average molecular weight is 256 g/mol. The molecule has 0 saturated heterocycles. The molecule has 4 heteroatoms. The van der Waals surface area contributed by atoms with Crippen molar-refractivity contribution in [3.8, 4) is 0 Å². The van der Waals surface area contributed by atoms with Crippen LogP contribution in [0.25, 0.3) is 0 Å². The van der Waals surface area contributed by atoms with Crippen LogP contribution in [0, 0.1) is 17.6 Å². The van der Waals surface area contributed by atoms with Crippen molar-refractivity contribution in [1.82, 2.24) is 4.90 Å². The Bertz CT molecular complexity index is 373. The molecule has 1 aromatic rings. The van der Waals surface area contributed by atoms with Gasteiger partial charge >= 0.3 is 0 Å². The van der Waals surface area contributed by atoms with Gasteiger partial charge in [0, 0.05) is 24.7 Å². The molecule has 102 valence electrons. The molecule has 0 aliphatic rings. The highest BCUT2D eigenvalue weighted by molar-refractivity contribution is 5.22. The third kappa shape index (κ3) is 3.50. The quantitative estimate of drug-likeness (QED) is 0.877. The summed E-state index contributed by atoms with van der Waals surface area (Å²) < 4.78 is 26.5. The van der Waals surface area contributed by atoms with Crippen LogP contribution in [0.3, 0.4) is 0 Å². The third-order valence-electron chi connectivity index (χ3n) is 3.59. The van der Waals surface area contributed by atoms with Crippen LogP contribution in [0.5, 0.6) is 0 Å². The van der Waals surface area contributed by atoms with E-state index in [9.17, 15) is 8.78 Å². The maximum atomic E-state index is 13.2. The Morgan fingerprint density at radius 1 is 1.11 bits per heavy atom. The minimum atomic E-state index is -0.561. The first-order valence-corrected chi connectivity index (χ1v) is 6.24. The van der Waals surface area contributed by atoms with Crippen molar-refractivity contribution in [1.29, 1.82) is 0 Å². The fourth-order valence-corrected chi connectivity index (χ4v) is 2.06. The van der Waals surface area contributed by atoms with Gasteiger partial charge in [-0.2, -0.15) is 0 Å². The number of rotatable bonds is 5. The van der Waals surface area contributed by atoms with Crippen LogP contribution in [0.2, 0.25) is 0 Å². The molecule has 2 nitrogen and oxygen atoms in total. The lowest BCUT2D eigenvalue weighted by Gasteiger charge is -2.35. The molecule has 2 N–H and O–H groups in total. The summed E-state index contributed by atoms with van der Waals surface area (Å²) in [5.41, 5.74) is 6.35. The molecular weight excluding hydrogens is 234 g/mol. The summed E-state index contributed by atoms with van der Waals surface area (Å²) in [5.74, 6) is -0.675. The average Bonchev–Trinajstić information content (AvgIpc) is 2.27. The molecule has 1 rings (SSSR count). The summed E-state index contributed by atoms with van der Waals surface area (Å²) in [7, 11) is 1.94. The Balaban J connectivity index is 3.01. The Morgan fingerprint density at radius 2 is 1.61 bits per heavy atom. The Morgan fingerprint density at radius 3 is 2.00 bits per heavy atom. The summed E-state index contributed by atoms with van der Waals surface area (Å²) in [4.78, 5) is 2.07. The van der Waals surface area contributed by atoms with E-state index in [1.807, 2.05) is 7.05 Å². The van der Waals surface area contributed by atoms with Crippen molar-refractivity contribution in [2.75, 3.05) is 13.6 Å². The highest BCUT2D eigenvalue weighted by Gasteiger charge is 2.23. The number of halogens is 2. The summed E-state index contributed by atoms with van der Waals surface area (Å²) in [5, 5.41) is 0. The van der Waals surface area contributed by atoms with Crippen LogP contribution in [-0.2, 0) is 0 Å². The molecule has 0 heterocycles. The first-order chi connectivity index (χ1) is 8.36. The van der Waals surface area contributed by atoms with Gasteiger partial charge in [0.15, 0.2) is 0 Å². The highest BCUT2D eigenvalue weighted by atomic mass is 19.1. The van der Waals surface area contributed by atoms with Crippen LogP contribution < -0.4 is 5.73 Å². The van der Waals surface area contributed by atoms with Crippen LogP contribution in [-0.4, -0.2) is 24.5 Å². The number of likely N-dealkylation sites (N-methyl/N-ethyl adjacent to an activating group) is 1. The van der Waals surface area contributed by atoms with Gasteiger partial charge in [-0.3, -0.25) is 4.90 Å². The molecule has 0 aliphatic carbocycles. The van der Waals surface area contributed by atoms with Crippen molar-refractivity contribution < 1.29 is 8.78 Å². The summed E-state index contributed by atoms with van der Waals surface area (Å²) in [6, 6.07) is 3.69. The normalized spacial score (nSPS) is 15.2. The van der Waals surface area contributed by atoms with E-state index < -0.39 is 11.6 Å². The second kappa shape index (κ2) is 6.25. The number of nitrogens with two attached hydrogens (primary N) is 1. The fraction of sp³-hybridized carbons (Fsp3) is 0.571. The lowest BCUT2D eigenvalue weighted by molar-refractivity contribution is 0.151. The fourth-order valence-electron chi connectivity index (χ4n) is 2.06. The second-order valence-electron chi connectivity index (χ2n) is 5.10. The molecule has 2 unspecified atom stereocenters. The zero-order valence-electron chi connectivity index (χ0n) is 11.5. The van der Waals surface area contributed by atoms with Gasteiger partial charge in [0.1, 0.15) is 11.6 Å². The number of benzene rings is 1. The number of nitrogens with zero attached hydrogens (tertiary/aromatic N) is 1. The molecule has 0 bridgehead atoms. The van der Waals surface area contributed by atoms with Crippen molar-refractivity contribution in [3.63, 3.8) is 0 Å². The van der Waals surface area contributed by atoms with Crippen LogP contribution in [0.1, 0.15) is 32.4 Å². The number of hydrogen-bond donors (Lipinski definition) is 1. The molecule has 0 spiro atoms. The topological polar surface area (TPSA) is 29.3 Å². The Labute approximate surface area is 108 Å². The predicted molar refractivity (Wildman–Crippen MR) is 70.2 cm³/mol. The third-order valence-corrected chi connectivity index (χ3v) is 3.59. The SMILES string of the molecule is CC(C)C(C)N(C)C(CN)c1cc(F)cc(F)c1. The zero-order valence-corrected chi connectivity index (χ0v) is 11.5. The monoisotopic (exact) mass is 256 g/mol. The van der Waals surface area contributed by atoms with Crippen molar-refractivity contribution in [2.45, 2.75) is 32.9 Å². The van der Waals surface area contributed by atoms with Crippen molar-refractivity contribution in [3.05, 3.63) is 35.4 Å². The smallest absolute Gasteiger partial charge is 0.126 e. The molecular formula is C14H22F2N2. The van der Waals surface area contributed by atoms with E-state index in [2.05, 4.69) is 25.7 Å². The van der Waals surface area contributed by atoms with Gasteiger partial charge in [0.05, 0.1) is 0 Å². The largest absolute Gasteiger partial charge is 0.329 e. The molecule has 0 saturated carbocycles. The number of hydrogen-bond acceptors (Lipinski definition) is 2. The van der Waals surface area contributed by atoms with Crippen LogP contribution >= 0.6 is 0 Å². The van der Waals surface area contributed by atoms with E-state index in [0.29, 0.717) is 18.0 Å². The molecule has 0 aliphatic heterocycles. The molecule has 1 aromatic carbocycles. The zero-order chi connectivity index (χ0) is 13.9. The van der Waals surface area contributed by atoms with Gasteiger partial charge in [-0.05, 0) is 37.6 Å². The first kappa shape index (κ1) is 15.1. The maximum absolute atomic E-state index is 13.2. The van der Waals surface area contributed by atoms with E-state index in [1.54, 1.807) is 0 Å². The van der Waals surface area contributed by atoms with Crippen molar-refractivity contribution >= 4 is 0 Å². The van der Waals surface area contributed by atoms with Crippen LogP contribution in [0.15, 0.2) is 18.2 Å². The van der Waals surface area contributed by atoms with Gasteiger partial charge in [-0.1, -0.05) is 13.8 Å². The van der Waals surface area contributed by atoms with E-state index in [0.717, 1.165) is 6.07 Å². The highest BCUT2D eigenvalue weighted by Crippen LogP contribution is 2.24. The van der Waals surface area contributed by atoms with E-state index >= 15 is 0 Å². The summed E-state index contributed by atoms with van der Waals surface area (Å²) in [6.07, 6.45) is 0. The molecule has 0 aromatic heterocycles. The summed E-state index contributed by atoms with van der Waals surface area (Å²) in [6.45, 7) is 6.64. The van der Waals surface area contributed by atoms with E-state index in [-0.39, 0.29) is 12.1 Å².